The molecule has 2 aliphatic heterocycles. The number of hydrogen-bond donors (Lipinski definition) is 2. The summed E-state index contributed by atoms with van der Waals surface area (Å²) in [6, 6.07) is 8.35. The van der Waals surface area contributed by atoms with E-state index in [2.05, 4.69) is 42.5 Å². The number of morpholine rings is 1. The molecule has 0 aromatic carbocycles. The molecule has 2 aromatic rings. The van der Waals surface area contributed by atoms with Crippen LogP contribution in [0.15, 0.2) is 46.1 Å². The molecule has 2 saturated heterocycles. The minimum absolute atomic E-state index is 0.205. The minimum atomic E-state index is 0.205. The zero-order chi connectivity index (χ0) is 21.3. The van der Waals surface area contributed by atoms with Crippen LogP contribution < -0.4 is 15.5 Å². The maximum Gasteiger partial charge on any atom is 0.191 e. The molecule has 0 spiro atoms. The third kappa shape index (κ3) is 5.77. The zero-order valence-corrected chi connectivity index (χ0v) is 18.4. The number of ether oxygens (including phenoxy) is 1. The van der Waals surface area contributed by atoms with E-state index in [0.717, 1.165) is 69.0 Å². The number of likely N-dealkylation sites (tertiary alicyclic amines) is 1. The van der Waals surface area contributed by atoms with Gasteiger partial charge in [-0.05, 0) is 44.1 Å². The number of anilines is 1. The van der Waals surface area contributed by atoms with Gasteiger partial charge in [0.2, 0.25) is 0 Å². The van der Waals surface area contributed by atoms with Crippen LogP contribution in [0.1, 0.15) is 36.6 Å². The van der Waals surface area contributed by atoms with Crippen molar-refractivity contribution in [3.8, 4) is 0 Å². The van der Waals surface area contributed by atoms with Crippen molar-refractivity contribution in [3.05, 3.63) is 48.0 Å². The van der Waals surface area contributed by atoms with Crippen molar-refractivity contribution in [1.82, 2.24) is 20.5 Å². The standard InChI is InChI=1S/C23H34N6O2/c1-24-23(26-17-19-7-5-9-25-22(19)29-12-15-30-16-13-29)27-18-20(21-8-6-14-31-21)28-10-3-2-4-11-28/h5-9,14,20H,2-4,10-13,15-18H2,1H3,(H2,24,26,27). The minimum Gasteiger partial charge on any atom is -0.468 e. The number of hydrogen-bond acceptors (Lipinski definition) is 6. The molecule has 8 heteroatoms. The van der Waals surface area contributed by atoms with Gasteiger partial charge in [0.1, 0.15) is 11.6 Å². The summed E-state index contributed by atoms with van der Waals surface area (Å²) in [6.45, 7) is 6.87. The van der Waals surface area contributed by atoms with Gasteiger partial charge in [-0.15, -0.1) is 0 Å². The van der Waals surface area contributed by atoms with Gasteiger partial charge in [0.05, 0.1) is 25.5 Å². The van der Waals surface area contributed by atoms with E-state index in [1.807, 2.05) is 25.4 Å². The summed E-state index contributed by atoms with van der Waals surface area (Å²) < 4.78 is 11.2. The normalized spacial score (nSPS) is 19.3. The zero-order valence-electron chi connectivity index (χ0n) is 18.4. The smallest absolute Gasteiger partial charge is 0.191 e. The van der Waals surface area contributed by atoms with Crippen LogP contribution >= 0.6 is 0 Å². The van der Waals surface area contributed by atoms with Crippen molar-refractivity contribution in [2.24, 2.45) is 4.99 Å². The van der Waals surface area contributed by atoms with Crippen molar-refractivity contribution >= 4 is 11.8 Å². The van der Waals surface area contributed by atoms with Crippen LogP contribution in [0.3, 0.4) is 0 Å². The lowest BCUT2D eigenvalue weighted by atomic mass is 10.1. The Labute approximate surface area is 184 Å². The predicted molar refractivity (Wildman–Crippen MR) is 122 cm³/mol. The van der Waals surface area contributed by atoms with E-state index in [1.54, 1.807) is 6.26 Å². The average molecular weight is 427 g/mol. The number of aliphatic imine (C=N–C) groups is 1. The van der Waals surface area contributed by atoms with Gasteiger partial charge in [0.15, 0.2) is 5.96 Å². The van der Waals surface area contributed by atoms with Gasteiger partial charge in [0.25, 0.3) is 0 Å². The third-order valence-corrected chi connectivity index (χ3v) is 6.01. The number of nitrogens with zero attached hydrogens (tertiary/aromatic N) is 4. The van der Waals surface area contributed by atoms with Crippen LogP contribution in [0.5, 0.6) is 0 Å². The Kier molecular flexibility index (Phi) is 7.79. The lowest BCUT2D eigenvalue weighted by Gasteiger charge is -2.33. The largest absolute Gasteiger partial charge is 0.468 e. The molecule has 4 rings (SSSR count). The highest BCUT2D eigenvalue weighted by Gasteiger charge is 2.24. The number of aromatic nitrogens is 1. The molecule has 168 valence electrons. The van der Waals surface area contributed by atoms with Crippen molar-refractivity contribution in [1.29, 1.82) is 0 Å². The molecular formula is C23H34N6O2. The van der Waals surface area contributed by atoms with Crippen molar-refractivity contribution < 1.29 is 9.15 Å². The van der Waals surface area contributed by atoms with E-state index >= 15 is 0 Å². The molecule has 4 heterocycles. The first-order chi connectivity index (χ1) is 15.3. The Bertz CT molecular complexity index is 813. The average Bonchev–Trinajstić information content (AvgIpc) is 3.37. The van der Waals surface area contributed by atoms with Crippen LogP contribution in [-0.4, -0.2) is 68.8 Å². The molecule has 0 bridgehead atoms. The van der Waals surface area contributed by atoms with E-state index in [9.17, 15) is 0 Å². The summed E-state index contributed by atoms with van der Waals surface area (Å²) in [5.41, 5.74) is 1.16. The molecular weight excluding hydrogens is 392 g/mol. The molecule has 0 saturated carbocycles. The molecule has 2 aromatic heterocycles. The Balaban J connectivity index is 1.36. The highest BCUT2D eigenvalue weighted by atomic mass is 16.5. The Morgan fingerprint density at radius 1 is 1.10 bits per heavy atom. The predicted octanol–water partition coefficient (Wildman–Crippen LogP) is 2.40. The molecule has 2 fully saturated rings. The molecule has 1 atom stereocenters. The van der Waals surface area contributed by atoms with Gasteiger partial charge in [0, 0.05) is 45.0 Å². The maximum absolute atomic E-state index is 5.76. The lowest BCUT2D eigenvalue weighted by molar-refractivity contribution is 0.122. The van der Waals surface area contributed by atoms with Crippen molar-refractivity contribution in [3.63, 3.8) is 0 Å². The summed E-state index contributed by atoms with van der Waals surface area (Å²) in [5, 5.41) is 6.97. The molecule has 31 heavy (non-hydrogen) atoms. The monoisotopic (exact) mass is 426 g/mol. The van der Waals surface area contributed by atoms with Crippen LogP contribution in [0.2, 0.25) is 0 Å². The molecule has 0 amide bonds. The fourth-order valence-corrected chi connectivity index (χ4v) is 4.34. The quantitative estimate of drug-likeness (QED) is 0.520. The number of rotatable bonds is 7. The summed E-state index contributed by atoms with van der Waals surface area (Å²) in [7, 11) is 1.81. The van der Waals surface area contributed by atoms with E-state index in [-0.39, 0.29) is 6.04 Å². The maximum atomic E-state index is 5.76. The molecule has 1 unspecified atom stereocenters. The fraction of sp³-hybridized carbons (Fsp3) is 0.565. The van der Waals surface area contributed by atoms with Gasteiger partial charge in [-0.3, -0.25) is 9.89 Å². The molecule has 8 nitrogen and oxygen atoms in total. The SMILES string of the molecule is CN=C(NCc1cccnc1N1CCOCC1)NCC(c1ccco1)N1CCCCC1. The molecule has 0 radical (unpaired) electrons. The Hall–Kier alpha value is -2.58. The number of guanidine groups is 1. The van der Waals surface area contributed by atoms with E-state index < -0.39 is 0 Å². The van der Waals surface area contributed by atoms with E-state index in [1.165, 1.54) is 19.3 Å². The Morgan fingerprint density at radius 2 is 1.94 bits per heavy atom. The van der Waals surface area contributed by atoms with Gasteiger partial charge >= 0.3 is 0 Å². The summed E-state index contributed by atoms with van der Waals surface area (Å²) in [4.78, 5) is 13.9. The second kappa shape index (κ2) is 11.2. The third-order valence-electron chi connectivity index (χ3n) is 6.01. The van der Waals surface area contributed by atoms with Crippen LogP contribution in [0, 0.1) is 0 Å². The van der Waals surface area contributed by atoms with E-state index in [0.29, 0.717) is 6.54 Å². The summed E-state index contributed by atoms with van der Waals surface area (Å²) in [5.74, 6) is 2.81. The summed E-state index contributed by atoms with van der Waals surface area (Å²) in [6.07, 6.45) is 7.42. The van der Waals surface area contributed by atoms with Gasteiger partial charge in [-0.1, -0.05) is 12.5 Å². The van der Waals surface area contributed by atoms with Crippen molar-refractivity contribution in [2.75, 3.05) is 57.9 Å². The first-order valence-electron chi connectivity index (χ1n) is 11.3. The first-order valence-corrected chi connectivity index (χ1v) is 11.3. The van der Waals surface area contributed by atoms with Crippen LogP contribution in [0.25, 0.3) is 0 Å². The second-order valence-corrected chi connectivity index (χ2v) is 8.02. The molecule has 0 aliphatic carbocycles. The van der Waals surface area contributed by atoms with Crippen molar-refractivity contribution in [2.45, 2.75) is 31.8 Å². The fourth-order valence-electron chi connectivity index (χ4n) is 4.34. The number of piperidine rings is 1. The van der Waals surface area contributed by atoms with Crippen LogP contribution in [0.4, 0.5) is 5.82 Å². The highest BCUT2D eigenvalue weighted by Crippen LogP contribution is 2.24. The number of pyridine rings is 1. The molecule has 2 aliphatic rings. The topological polar surface area (TPSA) is 78.2 Å². The van der Waals surface area contributed by atoms with Gasteiger partial charge in [-0.25, -0.2) is 4.98 Å². The highest BCUT2D eigenvalue weighted by molar-refractivity contribution is 5.79. The lowest BCUT2D eigenvalue weighted by Crippen LogP contribution is -2.44. The van der Waals surface area contributed by atoms with Crippen LogP contribution in [-0.2, 0) is 11.3 Å². The van der Waals surface area contributed by atoms with Gasteiger partial charge < -0.3 is 24.7 Å². The number of nitrogens with one attached hydrogen (secondary N) is 2. The van der Waals surface area contributed by atoms with Gasteiger partial charge in [-0.2, -0.15) is 0 Å². The first kappa shape index (κ1) is 21.6. The number of furan rings is 1. The Morgan fingerprint density at radius 3 is 2.68 bits per heavy atom. The molecule has 2 N–H and O–H groups in total. The van der Waals surface area contributed by atoms with E-state index in [4.69, 9.17) is 9.15 Å². The second-order valence-electron chi connectivity index (χ2n) is 8.02. The summed E-state index contributed by atoms with van der Waals surface area (Å²) >= 11 is 0.